The SMILES string of the molecule is [CH2]C(C)c1cc(Br)cc(OCCCC)c1. The van der Waals surface area contributed by atoms with Gasteiger partial charge in [-0.25, -0.2) is 0 Å². The minimum absolute atomic E-state index is 0.288. The van der Waals surface area contributed by atoms with Crippen LogP contribution in [0, 0.1) is 6.92 Å². The van der Waals surface area contributed by atoms with Crippen molar-refractivity contribution in [1.82, 2.24) is 0 Å². The van der Waals surface area contributed by atoms with Gasteiger partial charge in [-0.2, -0.15) is 0 Å². The Balaban J connectivity index is 2.71. The molecule has 1 unspecified atom stereocenters. The van der Waals surface area contributed by atoms with Gasteiger partial charge in [-0.3, -0.25) is 0 Å². The monoisotopic (exact) mass is 269 g/mol. The summed E-state index contributed by atoms with van der Waals surface area (Å²) in [5.74, 6) is 1.22. The average molecular weight is 270 g/mol. The summed E-state index contributed by atoms with van der Waals surface area (Å²) in [6.45, 7) is 9.04. The van der Waals surface area contributed by atoms with Crippen LogP contribution in [0.1, 0.15) is 38.2 Å². The molecule has 1 atom stereocenters. The number of halogens is 1. The summed E-state index contributed by atoms with van der Waals surface area (Å²) in [6, 6.07) is 6.16. The number of benzene rings is 1. The quantitative estimate of drug-likeness (QED) is 0.712. The normalized spacial score (nSPS) is 10.7. The van der Waals surface area contributed by atoms with E-state index >= 15 is 0 Å². The van der Waals surface area contributed by atoms with Gasteiger partial charge >= 0.3 is 0 Å². The molecule has 1 nitrogen and oxygen atoms in total. The number of hydrogen-bond donors (Lipinski definition) is 0. The van der Waals surface area contributed by atoms with E-state index in [2.05, 4.69) is 48.8 Å². The zero-order valence-corrected chi connectivity index (χ0v) is 11.0. The molecular formula is C13H18BrO. The zero-order chi connectivity index (χ0) is 11.3. The maximum atomic E-state index is 5.66. The van der Waals surface area contributed by atoms with Gasteiger partial charge in [-0.05, 0) is 43.0 Å². The maximum absolute atomic E-state index is 5.66. The summed E-state index contributed by atoms with van der Waals surface area (Å²) in [6.07, 6.45) is 2.26. The zero-order valence-electron chi connectivity index (χ0n) is 9.42. The lowest BCUT2D eigenvalue weighted by Crippen LogP contribution is -1.98. The smallest absolute Gasteiger partial charge is 0.120 e. The van der Waals surface area contributed by atoms with Crippen molar-refractivity contribution in [3.8, 4) is 5.75 Å². The predicted molar refractivity (Wildman–Crippen MR) is 68.3 cm³/mol. The number of unbranched alkanes of at least 4 members (excludes halogenated alkanes) is 1. The predicted octanol–water partition coefficient (Wildman–Crippen LogP) is 4.57. The first-order valence-electron chi connectivity index (χ1n) is 5.40. The van der Waals surface area contributed by atoms with Gasteiger partial charge in [-0.15, -0.1) is 0 Å². The minimum atomic E-state index is 0.288. The van der Waals surface area contributed by atoms with Gasteiger partial charge in [0.05, 0.1) is 6.61 Å². The molecule has 83 valence electrons. The van der Waals surface area contributed by atoms with E-state index in [0.29, 0.717) is 0 Å². The Kier molecular flexibility index (Phi) is 5.16. The van der Waals surface area contributed by atoms with E-state index in [9.17, 15) is 0 Å². The fraction of sp³-hybridized carbons (Fsp3) is 0.462. The molecule has 0 amide bonds. The van der Waals surface area contributed by atoms with Crippen LogP contribution < -0.4 is 4.74 Å². The minimum Gasteiger partial charge on any atom is -0.494 e. The Morgan fingerprint density at radius 2 is 2.13 bits per heavy atom. The average Bonchev–Trinajstić information content (AvgIpc) is 2.17. The lowest BCUT2D eigenvalue weighted by Gasteiger charge is -2.10. The summed E-state index contributed by atoms with van der Waals surface area (Å²) in [4.78, 5) is 0. The van der Waals surface area contributed by atoms with Crippen LogP contribution in [-0.2, 0) is 0 Å². The highest BCUT2D eigenvalue weighted by Gasteiger charge is 2.03. The largest absolute Gasteiger partial charge is 0.494 e. The van der Waals surface area contributed by atoms with Crippen molar-refractivity contribution in [3.63, 3.8) is 0 Å². The molecule has 0 saturated heterocycles. The molecule has 1 aromatic rings. The van der Waals surface area contributed by atoms with Gasteiger partial charge in [0.2, 0.25) is 0 Å². The Bertz CT molecular complexity index is 307. The van der Waals surface area contributed by atoms with Crippen molar-refractivity contribution in [1.29, 1.82) is 0 Å². The van der Waals surface area contributed by atoms with E-state index in [1.165, 1.54) is 5.56 Å². The van der Waals surface area contributed by atoms with E-state index in [1.807, 2.05) is 6.07 Å². The Morgan fingerprint density at radius 3 is 2.73 bits per heavy atom. The van der Waals surface area contributed by atoms with E-state index in [0.717, 1.165) is 29.7 Å². The van der Waals surface area contributed by atoms with Gasteiger partial charge in [0.25, 0.3) is 0 Å². The van der Waals surface area contributed by atoms with Gasteiger partial charge in [0, 0.05) is 4.47 Å². The fourth-order valence-electron chi connectivity index (χ4n) is 1.29. The Hall–Kier alpha value is -0.500. The van der Waals surface area contributed by atoms with Crippen LogP contribution in [0.3, 0.4) is 0 Å². The summed E-state index contributed by atoms with van der Waals surface area (Å²) >= 11 is 3.48. The third kappa shape index (κ3) is 4.25. The highest BCUT2D eigenvalue weighted by Crippen LogP contribution is 2.26. The maximum Gasteiger partial charge on any atom is 0.120 e. The first-order chi connectivity index (χ1) is 7.13. The summed E-state index contributed by atoms with van der Waals surface area (Å²) in [7, 11) is 0. The Labute approximate surface area is 101 Å². The third-order valence-corrected chi connectivity index (χ3v) is 2.69. The van der Waals surface area contributed by atoms with Crippen molar-refractivity contribution in [2.24, 2.45) is 0 Å². The molecule has 0 spiro atoms. The summed E-state index contributed by atoms with van der Waals surface area (Å²) in [5, 5.41) is 0. The molecule has 0 aliphatic rings. The van der Waals surface area contributed by atoms with E-state index < -0.39 is 0 Å². The van der Waals surface area contributed by atoms with Crippen molar-refractivity contribution in [2.45, 2.75) is 32.6 Å². The molecule has 1 aromatic carbocycles. The van der Waals surface area contributed by atoms with Gasteiger partial charge in [0.15, 0.2) is 0 Å². The van der Waals surface area contributed by atoms with Gasteiger partial charge in [-0.1, -0.05) is 36.2 Å². The first kappa shape index (κ1) is 12.6. The fourth-order valence-corrected chi connectivity index (χ4v) is 1.78. The Morgan fingerprint density at radius 1 is 1.40 bits per heavy atom. The van der Waals surface area contributed by atoms with Crippen LogP contribution in [0.5, 0.6) is 5.75 Å². The molecular weight excluding hydrogens is 252 g/mol. The molecule has 0 fully saturated rings. The number of ether oxygens (including phenoxy) is 1. The molecule has 1 rings (SSSR count). The second kappa shape index (κ2) is 6.16. The molecule has 0 heterocycles. The van der Waals surface area contributed by atoms with Gasteiger partial charge < -0.3 is 4.74 Å². The van der Waals surface area contributed by atoms with Gasteiger partial charge in [0.1, 0.15) is 5.75 Å². The third-order valence-electron chi connectivity index (χ3n) is 2.23. The highest BCUT2D eigenvalue weighted by atomic mass is 79.9. The van der Waals surface area contributed by atoms with E-state index in [-0.39, 0.29) is 5.92 Å². The summed E-state index contributed by atoms with van der Waals surface area (Å²) in [5.41, 5.74) is 1.20. The number of hydrogen-bond acceptors (Lipinski definition) is 1. The molecule has 2 heteroatoms. The second-order valence-electron chi connectivity index (χ2n) is 3.82. The van der Waals surface area contributed by atoms with Crippen molar-refractivity contribution >= 4 is 15.9 Å². The molecule has 0 N–H and O–H groups in total. The lowest BCUT2D eigenvalue weighted by atomic mass is 10.0. The lowest BCUT2D eigenvalue weighted by molar-refractivity contribution is 0.309. The number of rotatable bonds is 5. The van der Waals surface area contributed by atoms with Crippen molar-refractivity contribution in [2.75, 3.05) is 6.61 Å². The topological polar surface area (TPSA) is 9.23 Å². The van der Waals surface area contributed by atoms with Crippen LogP contribution >= 0.6 is 15.9 Å². The summed E-state index contributed by atoms with van der Waals surface area (Å²) < 4.78 is 6.72. The standard InChI is InChI=1S/C13H18BrO/c1-4-5-6-15-13-8-11(10(2)3)7-12(14)9-13/h7-10H,2,4-6H2,1,3H3. The molecule has 0 aliphatic heterocycles. The molecule has 0 bridgehead atoms. The van der Waals surface area contributed by atoms with Crippen LogP contribution in [-0.4, -0.2) is 6.61 Å². The van der Waals surface area contributed by atoms with Crippen LogP contribution in [0.4, 0.5) is 0 Å². The molecule has 0 aliphatic carbocycles. The van der Waals surface area contributed by atoms with E-state index in [1.54, 1.807) is 0 Å². The van der Waals surface area contributed by atoms with Crippen LogP contribution in [0.15, 0.2) is 22.7 Å². The molecule has 0 aromatic heterocycles. The van der Waals surface area contributed by atoms with Crippen molar-refractivity contribution in [3.05, 3.63) is 35.2 Å². The van der Waals surface area contributed by atoms with Crippen LogP contribution in [0.25, 0.3) is 0 Å². The van der Waals surface area contributed by atoms with Crippen LogP contribution in [0.2, 0.25) is 0 Å². The molecule has 15 heavy (non-hydrogen) atoms. The first-order valence-corrected chi connectivity index (χ1v) is 6.19. The highest BCUT2D eigenvalue weighted by molar-refractivity contribution is 9.10. The molecule has 0 saturated carbocycles. The second-order valence-corrected chi connectivity index (χ2v) is 4.74. The molecule has 1 radical (unpaired) electrons. The van der Waals surface area contributed by atoms with Crippen molar-refractivity contribution < 1.29 is 4.74 Å². The van der Waals surface area contributed by atoms with E-state index in [4.69, 9.17) is 4.74 Å².